The molecule has 2 aromatic heterocycles. The highest BCUT2D eigenvalue weighted by atomic mass is 16.3. The summed E-state index contributed by atoms with van der Waals surface area (Å²) in [5.74, 6) is 0. The second-order valence-electron chi connectivity index (χ2n) is 7.09. The van der Waals surface area contributed by atoms with Gasteiger partial charge in [0.05, 0.1) is 30.4 Å². The number of fused-ring (bicyclic) bond motifs is 1. The van der Waals surface area contributed by atoms with Gasteiger partial charge in [-0.15, -0.1) is 0 Å². The minimum Gasteiger partial charge on any atom is -0.395 e. The van der Waals surface area contributed by atoms with Crippen molar-refractivity contribution < 1.29 is 5.11 Å². The second kappa shape index (κ2) is 8.54. The quantitative estimate of drug-likeness (QED) is 0.615. The van der Waals surface area contributed by atoms with Crippen molar-refractivity contribution in [2.75, 3.05) is 44.2 Å². The summed E-state index contributed by atoms with van der Waals surface area (Å²) in [6.07, 6.45) is 4.77. The SMILES string of the molecule is O=c1ncccn1CCN1CCN(c2ccc3c(=O)n(CCO)cnc3c2)CC1. The molecule has 152 valence electrons. The van der Waals surface area contributed by atoms with Crippen LogP contribution in [-0.4, -0.2) is 68.4 Å². The molecular weight excluding hydrogens is 372 g/mol. The zero-order chi connectivity index (χ0) is 20.2. The van der Waals surface area contributed by atoms with E-state index in [-0.39, 0.29) is 24.4 Å². The highest BCUT2D eigenvalue weighted by Crippen LogP contribution is 2.20. The van der Waals surface area contributed by atoms with Crippen molar-refractivity contribution in [1.29, 1.82) is 0 Å². The normalized spacial score (nSPS) is 15.1. The number of anilines is 1. The van der Waals surface area contributed by atoms with Gasteiger partial charge >= 0.3 is 5.69 Å². The maximum absolute atomic E-state index is 12.4. The fraction of sp³-hybridized carbons (Fsp3) is 0.400. The Morgan fingerprint density at radius 2 is 1.79 bits per heavy atom. The molecule has 0 radical (unpaired) electrons. The number of benzene rings is 1. The lowest BCUT2D eigenvalue weighted by Crippen LogP contribution is -2.47. The third-order valence-corrected chi connectivity index (χ3v) is 5.33. The van der Waals surface area contributed by atoms with Gasteiger partial charge in [-0.1, -0.05) is 0 Å². The predicted octanol–water partition coefficient (Wildman–Crippen LogP) is -0.232. The minimum atomic E-state index is -0.215. The standard InChI is InChI=1S/C20H24N6O3/c27-13-12-26-15-22-18-14-16(2-3-17(18)19(26)28)24-9-6-23(7-10-24)8-11-25-5-1-4-21-20(25)29/h1-5,14-15,27H,6-13H2. The van der Waals surface area contributed by atoms with Gasteiger partial charge in [0.1, 0.15) is 0 Å². The summed E-state index contributed by atoms with van der Waals surface area (Å²) < 4.78 is 3.05. The van der Waals surface area contributed by atoms with E-state index in [2.05, 4.69) is 19.8 Å². The summed E-state index contributed by atoms with van der Waals surface area (Å²) in [6, 6.07) is 7.49. The van der Waals surface area contributed by atoms with Gasteiger partial charge < -0.3 is 10.0 Å². The van der Waals surface area contributed by atoms with Crippen LogP contribution in [0.1, 0.15) is 0 Å². The largest absolute Gasteiger partial charge is 0.395 e. The van der Waals surface area contributed by atoms with Crippen LogP contribution in [0.15, 0.2) is 52.6 Å². The molecule has 4 rings (SSSR count). The van der Waals surface area contributed by atoms with Gasteiger partial charge in [0.2, 0.25) is 0 Å². The van der Waals surface area contributed by atoms with E-state index in [4.69, 9.17) is 5.11 Å². The lowest BCUT2D eigenvalue weighted by Gasteiger charge is -2.36. The molecular formula is C20H24N6O3. The van der Waals surface area contributed by atoms with E-state index < -0.39 is 0 Å². The summed E-state index contributed by atoms with van der Waals surface area (Å²) >= 11 is 0. The molecule has 9 heteroatoms. The highest BCUT2D eigenvalue weighted by molar-refractivity contribution is 5.81. The molecule has 0 atom stereocenters. The smallest absolute Gasteiger partial charge is 0.347 e. The molecule has 0 unspecified atom stereocenters. The number of aliphatic hydroxyl groups excluding tert-OH is 1. The van der Waals surface area contributed by atoms with Crippen molar-refractivity contribution in [3.63, 3.8) is 0 Å². The molecule has 3 aromatic rings. The number of rotatable bonds is 6. The van der Waals surface area contributed by atoms with Gasteiger partial charge in [-0.2, -0.15) is 0 Å². The molecule has 3 heterocycles. The molecule has 0 saturated carbocycles. The van der Waals surface area contributed by atoms with Crippen molar-refractivity contribution in [1.82, 2.24) is 24.0 Å². The lowest BCUT2D eigenvalue weighted by atomic mass is 10.2. The van der Waals surface area contributed by atoms with Gasteiger partial charge in [-0.3, -0.25) is 18.8 Å². The number of hydrogen-bond acceptors (Lipinski definition) is 7. The minimum absolute atomic E-state index is 0.0924. The first kappa shape index (κ1) is 19.3. The molecule has 1 fully saturated rings. The van der Waals surface area contributed by atoms with E-state index in [1.54, 1.807) is 16.8 Å². The lowest BCUT2D eigenvalue weighted by molar-refractivity contribution is 0.246. The zero-order valence-corrected chi connectivity index (χ0v) is 16.1. The highest BCUT2D eigenvalue weighted by Gasteiger charge is 2.18. The van der Waals surface area contributed by atoms with Crippen LogP contribution < -0.4 is 16.1 Å². The van der Waals surface area contributed by atoms with E-state index in [0.717, 1.165) is 38.4 Å². The van der Waals surface area contributed by atoms with Gasteiger partial charge in [0.25, 0.3) is 5.56 Å². The Morgan fingerprint density at radius 3 is 2.55 bits per heavy atom. The molecule has 29 heavy (non-hydrogen) atoms. The molecule has 0 amide bonds. The first-order chi connectivity index (χ1) is 14.2. The van der Waals surface area contributed by atoms with Gasteiger partial charge in [-0.05, 0) is 24.3 Å². The molecule has 0 spiro atoms. The number of aromatic nitrogens is 4. The molecule has 9 nitrogen and oxygen atoms in total. The fourth-order valence-corrected chi connectivity index (χ4v) is 3.65. The molecule has 1 aromatic carbocycles. The maximum Gasteiger partial charge on any atom is 0.347 e. The molecule has 1 aliphatic rings. The van der Waals surface area contributed by atoms with Crippen LogP contribution in [0.4, 0.5) is 5.69 Å². The summed E-state index contributed by atoms with van der Waals surface area (Å²) in [4.78, 5) is 36.9. The third kappa shape index (κ3) is 4.20. The number of piperazine rings is 1. The van der Waals surface area contributed by atoms with E-state index in [1.807, 2.05) is 18.2 Å². The van der Waals surface area contributed by atoms with Crippen LogP contribution in [-0.2, 0) is 13.1 Å². The van der Waals surface area contributed by atoms with Crippen LogP contribution >= 0.6 is 0 Å². The Bertz CT molecular complexity index is 1100. The van der Waals surface area contributed by atoms with E-state index >= 15 is 0 Å². The summed E-state index contributed by atoms with van der Waals surface area (Å²) in [5.41, 5.74) is 1.37. The van der Waals surface area contributed by atoms with Crippen molar-refractivity contribution >= 4 is 16.6 Å². The first-order valence-electron chi connectivity index (χ1n) is 9.74. The Balaban J connectivity index is 1.40. The molecule has 1 aliphatic heterocycles. The summed E-state index contributed by atoms with van der Waals surface area (Å²) in [6.45, 7) is 5.14. The fourth-order valence-electron chi connectivity index (χ4n) is 3.65. The van der Waals surface area contributed by atoms with Crippen molar-refractivity contribution in [2.24, 2.45) is 0 Å². The number of hydrogen-bond donors (Lipinski definition) is 1. The Morgan fingerprint density at radius 1 is 0.966 bits per heavy atom. The summed E-state index contributed by atoms with van der Waals surface area (Å²) in [5, 5.41) is 9.61. The summed E-state index contributed by atoms with van der Waals surface area (Å²) in [7, 11) is 0. The average Bonchev–Trinajstić information content (AvgIpc) is 2.75. The van der Waals surface area contributed by atoms with Crippen molar-refractivity contribution in [2.45, 2.75) is 13.1 Å². The second-order valence-corrected chi connectivity index (χ2v) is 7.09. The van der Waals surface area contributed by atoms with Crippen LogP contribution in [0.3, 0.4) is 0 Å². The molecule has 0 bridgehead atoms. The Labute approximate surface area is 167 Å². The Kier molecular flexibility index (Phi) is 5.68. The zero-order valence-electron chi connectivity index (χ0n) is 16.1. The van der Waals surface area contributed by atoms with Crippen LogP contribution in [0.25, 0.3) is 10.9 Å². The van der Waals surface area contributed by atoms with Crippen LogP contribution in [0, 0.1) is 0 Å². The van der Waals surface area contributed by atoms with Crippen LogP contribution in [0.2, 0.25) is 0 Å². The predicted molar refractivity (Wildman–Crippen MR) is 110 cm³/mol. The topological polar surface area (TPSA) is 96.5 Å². The Hall–Kier alpha value is -3.04. The monoisotopic (exact) mass is 396 g/mol. The van der Waals surface area contributed by atoms with E-state index in [0.29, 0.717) is 17.4 Å². The van der Waals surface area contributed by atoms with Crippen LogP contribution in [0.5, 0.6) is 0 Å². The molecule has 1 N–H and O–H groups in total. The molecule has 1 saturated heterocycles. The third-order valence-electron chi connectivity index (χ3n) is 5.33. The molecule has 0 aliphatic carbocycles. The van der Waals surface area contributed by atoms with Gasteiger partial charge in [0.15, 0.2) is 0 Å². The average molecular weight is 396 g/mol. The number of aliphatic hydroxyl groups is 1. The van der Waals surface area contributed by atoms with Gasteiger partial charge in [0, 0.05) is 57.3 Å². The first-order valence-corrected chi connectivity index (χ1v) is 9.74. The van der Waals surface area contributed by atoms with E-state index in [1.165, 1.54) is 17.1 Å². The van der Waals surface area contributed by atoms with Crippen molar-refractivity contribution in [3.05, 3.63) is 63.8 Å². The van der Waals surface area contributed by atoms with Crippen molar-refractivity contribution in [3.8, 4) is 0 Å². The van der Waals surface area contributed by atoms with E-state index in [9.17, 15) is 9.59 Å². The number of nitrogens with zero attached hydrogens (tertiary/aromatic N) is 6. The van der Waals surface area contributed by atoms with Gasteiger partial charge in [-0.25, -0.2) is 14.8 Å². The maximum atomic E-state index is 12.4.